The number of unbranched alkanes of at least 4 members (excludes halogenated alkanes) is 28. The minimum atomic E-state index is -0.857. The van der Waals surface area contributed by atoms with Crippen LogP contribution in [0.4, 0.5) is 0 Å². The number of hydrogen-bond donors (Lipinski definition) is 3. The molecular formula is C57H101NO3. The molecule has 2 atom stereocenters. The molecule has 0 heterocycles. The van der Waals surface area contributed by atoms with Crippen LogP contribution in [-0.4, -0.2) is 34.9 Å². The van der Waals surface area contributed by atoms with E-state index in [-0.39, 0.29) is 12.5 Å². The summed E-state index contributed by atoms with van der Waals surface area (Å²) in [7, 11) is 0. The molecule has 0 aromatic heterocycles. The zero-order valence-electron chi connectivity index (χ0n) is 40.4. The molecule has 2 unspecified atom stereocenters. The number of carbonyl (C=O) groups is 1. The second-order valence-corrected chi connectivity index (χ2v) is 17.6. The van der Waals surface area contributed by atoms with Crippen LogP contribution in [0.1, 0.15) is 251 Å². The lowest BCUT2D eigenvalue weighted by molar-refractivity contribution is -0.123. The molecule has 4 nitrogen and oxygen atoms in total. The van der Waals surface area contributed by atoms with E-state index in [2.05, 4.69) is 92.1 Å². The maximum Gasteiger partial charge on any atom is 0.220 e. The number of carbonyl (C=O) groups excluding carboxylic acids is 1. The van der Waals surface area contributed by atoms with Crippen molar-refractivity contribution in [3.63, 3.8) is 0 Å². The van der Waals surface area contributed by atoms with Gasteiger partial charge < -0.3 is 15.5 Å². The van der Waals surface area contributed by atoms with Gasteiger partial charge >= 0.3 is 0 Å². The van der Waals surface area contributed by atoms with E-state index in [4.69, 9.17) is 0 Å². The summed E-state index contributed by atoms with van der Waals surface area (Å²) in [4.78, 5) is 12.4. The topological polar surface area (TPSA) is 69.6 Å². The molecule has 0 radical (unpaired) electrons. The van der Waals surface area contributed by atoms with Gasteiger partial charge in [0.05, 0.1) is 18.8 Å². The lowest BCUT2D eigenvalue weighted by Gasteiger charge is -2.20. The molecule has 1 amide bonds. The minimum absolute atomic E-state index is 0.0894. The largest absolute Gasteiger partial charge is 0.394 e. The Bertz CT molecular complexity index is 1100. The van der Waals surface area contributed by atoms with E-state index in [1.54, 1.807) is 6.08 Å². The molecule has 0 rings (SSSR count). The molecule has 0 spiro atoms. The van der Waals surface area contributed by atoms with Crippen molar-refractivity contribution < 1.29 is 15.0 Å². The van der Waals surface area contributed by atoms with Crippen molar-refractivity contribution >= 4 is 5.91 Å². The Morgan fingerprint density at radius 1 is 0.410 bits per heavy atom. The van der Waals surface area contributed by atoms with Crippen LogP contribution in [0.15, 0.2) is 85.1 Å². The molecule has 0 aliphatic carbocycles. The van der Waals surface area contributed by atoms with Gasteiger partial charge in [0.15, 0.2) is 0 Å². The Labute approximate surface area is 380 Å². The fourth-order valence-corrected chi connectivity index (χ4v) is 7.65. The van der Waals surface area contributed by atoms with Crippen LogP contribution >= 0.6 is 0 Å². The maximum absolute atomic E-state index is 12.4. The lowest BCUT2D eigenvalue weighted by atomic mass is 10.0. The van der Waals surface area contributed by atoms with Gasteiger partial charge in [0.2, 0.25) is 5.91 Å². The minimum Gasteiger partial charge on any atom is -0.394 e. The van der Waals surface area contributed by atoms with Crippen LogP contribution in [0, 0.1) is 0 Å². The van der Waals surface area contributed by atoms with Crippen LogP contribution in [0.3, 0.4) is 0 Å². The molecule has 0 aromatic rings. The third-order valence-corrected chi connectivity index (χ3v) is 11.6. The van der Waals surface area contributed by atoms with Gasteiger partial charge in [-0.05, 0) is 70.6 Å². The van der Waals surface area contributed by atoms with Crippen LogP contribution in [0.25, 0.3) is 0 Å². The van der Waals surface area contributed by atoms with Crippen LogP contribution in [-0.2, 0) is 4.79 Å². The number of hydrogen-bond acceptors (Lipinski definition) is 3. The first-order valence-corrected chi connectivity index (χ1v) is 26.3. The Morgan fingerprint density at radius 3 is 1.08 bits per heavy atom. The van der Waals surface area contributed by atoms with Crippen LogP contribution in [0.2, 0.25) is 0 Å². The SMILES string of the molecule is CC/C=C\C/C=C\C/C=C\C/C=C\C/C=C\C/C=C\CCCCCCC(=O)NC(CO)C(O)/C=C/CCCCCCCCCCCCCCCCCCCCCCCCCC. The zero-order chi connectivity index (χ0) is 44.2. The van der Waals surface area contributed by atoms with E-state index in [9.17, 15) is 15.0 Å². The summed E-state index contributed by atoms with van der Waals surface area (Å²) in [6.07, 6.45) is 75.8. The summed E-state index contributed by atoms with van der Waals surface area (Å²) < 4.78 is 0. The number of aliphatic hydroxyl groups is 2. The standard InChI is InChI=1S/C57H101NO3/c1-3-5-7-9-11-13-15-17-19-21-23-25-27-28-29-31-32-34-36-38-40-42-44-46-48-50-52-56(60)55(54-59)58-57(61)53-51-49-47-45-43-41-39-37-35-33-30-26-24-22-20-18-16-14-12-10-8-6-4-2/h6,8,12,14,18,20,24,26,33,35,39,41,50,52,55-56,59-60H,3-5,7,9-11,13,15-17,19,21-23,25,27-32,34,36-38,40,42-49,51,53-54H2,1-2H3,(H,58,61)/b8-6-,14-12-,20-18-,26-24-,35-33-,41-39-,52-50+. The maximum atomic E-state index is 12.4. The van der Waals surface area contributed by atoms with Gasteiger partial charge in [0, 0.05) is 6.42 Å². The van der Waals surface area contributed by atoms with Gasteiger partial charge in [-0.25, -0.2) is 0 Å². The second kappa shape index (κ2) is 51.9. The first-order chi connectivity index (χ1) is 30.2. The van der Waals surface area contributed by atoms with Crippen molar-refractivity contribution in [1.82, 2.24) is 5.32 Å². The highest BCUT2D eigenvalue weighted by molar-refractivity contribution is 5.76. The first-order valence-electron chi connectivity index (χ1n) is 26.3. The van der Waals surface area contributed by atoms with Gasteiger partial charge in [-0.15, -0.1) is 0 Å². The average molecular weight is 848 g/mol. The highest BCUT2D eigenvalue weighted by Crippen LogP contribution is 2.16. The quantitative estimate of drug-likeness (QED) is 0.0422. The summed E-state index contributed by atoms with van der Waals surface area (Å²) in [6.45, 7) is 4.20. The van der Waals surface area contributed by atoms with Crippen molar-refractivity contribution in [3.05, 3.63) is 85.1 Å². The Balaban J connectivity index is 3.60. The fraction of sp³-hybridized carbons (Fsp3) is 0.737. The normalized spacial score (nSPS) is 13.6. The van der Waals surface area contributed by atoms with E-state index in [1.807, 2.05) is 6.08 Å². The van der Waals surface area contributed by atoms with Crippen molar-refractivity contribution in [3.8, 4) is 0 Å². The highest BCUT2D eigenvalue weighted by atomic mass is 16.3. The summed E-state index contributed by atoms with van der Waals surface area (Å²) >= 11 is 0. The van der Waals surface area contributed by atoms with Gasteiger partial charge in [-0.2, -0.15) is 0 Å². The van der Waals surface area contributed by atoms with Gasteiger partial charge in [-0.1, -0.05) is 259 Å². The molecule has 0 aliphatic heterocycles. The second-order valence-electron chi connectivity index (χ2n) is 17.6. The smallest absolute Gasteiger partial charge is 0.220 e. The number of nitrogens with one attached hydrogen (secondary N) is 1. The van der Waals surface area contributed by atoms with Gasteiger partial charge in [0.1, 0.15) is 0 Å². The summed E-state index contributed by atoms with van der Waals surface area (Å²) in [5, 5.41) is 23.1. The average Bonchev–Trinajstić information content (AvgIpc) is 3.26. The monoisotopic (exact) mass is 848 g/mol. The molecule has 3 N–H and O–H groups in total. The van der Waals surface area contributed by atoms with Crippen molar-refractivity contribution in [2.45, 2.75) is 264 Å². The van der Waals surface area contributed by atoms with Crippen molar-refractivity contribution in [2.75, 3.05) is 6.61 Å². The number of allylic oxidation sites excluding steroid dienone is 13. The van der Waals surface area contributed by atoms with Crippen LogP contribution < -0.4 is 5.32 Å². The molecule has 352 valence electrons. The van der Waals surface area contributed by atoms with E-state index in [1.165, 1.54) is 148 Å². The number of amides is 1. The molecule has 0 aliphatic rings. The molecule has 61 heavy (non-hydrogen) atoms. The van der Waals surface area contributed by atoms with E-state index >= 15 is 0 Å². The molecule has 0 aromatic carbocycles. The molecular weight excluding hydrogens is 747 g/mol. The molecule has 4 heteroatoms. The predicted molar refractivity (Wildman–Crippen MR) is 271 cm³/mol. The molecule has 0 saturated heterocycles. The Morgan fingerprint density at radius 2 is 0.721 bits per heavy atom. The van der Waals surface area contributed by atoms with E-state index < -0.39 is 12.1 Å². The summed E-state index contributed by atoms with van der Waals surface area (Å²) in [6, 6.07) is -0.643. The lowest BCUT2D eigenvalue weighted by Crippen LogP contribution is -2.45. The number of aliphatic hydroxyl groups excluding tert-OH is 2. The Kier molecular flexibility index (Phi) is 49.8. The third kappa shape index (κ3) is 48.5. The van der Waals surface area contributed by atoms with E-state index in [0.29, 0.717) is 6.42 Å². The van der Waals surface area contributed by atoms with Crippen molar-refractivity contribution in [2.24, 2.45) is 0 Å². The van der Waals surface area contributed by atoms with Crippen molar-refractivity contribution in [1.29, 1.82) is 0 Å². The summed E-state index contributed by atoms with van der Waals surface area (Å²) in [5.41, 5.74) is 0. The van der Waals surface area contributed by atoms with Gasteiger partial charge in [0.25, 0.3) is 0 Å². The highest BCUT2D eigenvalue weighted by Gasteiger charge is 2.17. The molecule has 0 bridgehead atoms. The first kappa shape index (κ1) is 58.6. The molecule has 0 fully saturated rings. The van der Waals surface area contributed by atoms with Crippen LogP contribution in [0.5, 0.6) is 0 Å². The summed E-state index contributed by atoms with van der Waals surface area (Å²) in [5.74, 6) is -0.0894. The Hall–Kier alpha value is -2.43. The van der Waals surface area contributed by atoms with E-state index in [0.717, 1.165) is 83.5 Å². The predicted octanol–water partition coefficient (Wildman–Crippen LogP) is 17.2. The molecule has 0 saturated carbocycles. The third-order valence-electron chi connectivity index (χ3n) is 11.6. The fourth-order valence-electron chi connectivity index (χ4n) is 7.65. The number of rotatable bonds is 47. The zero-order valence-corrected chi connectivity index (χ0v) is 40.4. The van der Waals surface area contributed by atoms with Gasteiger partial charge in [-0.3, -0.25) is 4.79 Å².